The summed E-state index contributed by atoms with van der Waals surface area (Å²) in [5.41, 5.74) is 0.313. The monoisotopic (exact) mass is 269 g/mol. The van der Waals surface area contributed by atoms with E-state index in [-0.39, 0.29) is 6.04 Å². The number of piperidine rings is 1. The van der Waals surface area contributed by atoms with E-state index in [4.69, 9.17) is 0 Å². The van der Waals surface area contributed by atoms with Crippen LogP contribution in [0.4, 0.5) is 13.2 Å². The molecule has 2 unspecified atom stereocenters. The van der Waals surface area contributed by atoms with Crippen LogP contribution < -0.4 is 0 Å². The van der Waals surface area contributed by atoms with Crippen molar-refractivity contribution in [1.82, 2.24) is 4.90 Å². The van der Waals surface area contributed by atoms with E-state index in [9.17, 15) is 13.2 Å². The van der Waals surface area contributed by atoms with E-state index in [2.05, 4.69) is 4.90 Å². The van der Waals surface area contributed by atoms with Crippen LogP contribution in [0.1, 0.15) is 49.3 Å². The van der Waals surface area contributed by atoms with E-state index in [1.807, 2.05) is 6.07 Å². The summed E-state index contributed by atoms with van der Waals surface area (Å²) in [4.78, 5) is 2.42. The van der Waals surface area contributed by atoms with Crippen LogP contribution in [0.5, 0.6) is 0 Å². The molecule has 1 aromatic rings. The minimum Gasteiger partial charge on any atom is -0.293 e. The molecule has 0 bridgehead atoms. The lowest BCUT2D eigenvalue weighted by Crippen LogP contribution is -2.37. The van der Waals surface area contributed by atoms with Gasteiger partial charge in [-0.15, -0.1) is 0 Å². The van der Waals surface area contributed by atoms with Crippen LogP contribution in [0, 0.1) is 0 Å². The first-order valence-corrected chi connectivity index (χ1v) is 6.98. The Labute approximate surface area is 111 Å². The van der Waals surface area contributed by atoms with Gasteiger partial charge in [0.2, 0.25) is 0 Å². The first-order chi connectivity index (χ1) is 9.05. The molecule has 1 aromatic carbocycles. The summed E-state index contributed by atoms with van der Waals surface area (Å²) in [5.74, 6) is 0. The van der Waals surface area contributed by atoms with Crippen LogP contribution in [-0.2, 0) is 6.18 Å². The number of halogens is 3. The lowest BCUT2D eigenvalue weighted by molar-refractivity contribution is -0.137. The van der Waals surface area contributed by atoms with E-state index in [0.29, 0.717) is 6.04 Å². The fraction of sp³-hybridized carbons (Fsp3) is 0.600. The second kappa shape index (κ2) is 4.82. The van der Waals surface area contributed by atoms with Crippen molar-refractivity contribution in [3.05, 3.63) is 35.4 Å². The third kappa shape index (κ3) is 2.50. The van der Waals surface area contributed by atoms with E-state index in [1.54, 1.807) is 0 Å². The van der Waals surface area contributed by atoms with E-state index >= 15 is 0 Å². The first-order valence-electron chi connectivity index (χ1n) is 6.98. The maximum Gasteiger partial charge on any atom is 0.416 e. The minimum absolute atomic E-state index is 0.184. The van der Waals surface area contributed by atoms with Crippen molar-refractivity contribution in [2.24, 2.45) is 0 Å². The molecular formula is C15H18F3N. The van der Waals surface area contributed by atoms with Crippen molar-refractivity contribution >= 4 is 0 Å². The summed E-state index contributed by atoms with van der Waals surface area (Å²) >= 11 is 0. The Morgan fingerprint density at radius 1 is 1.05 bits per heavy atom. The zero-order chi connectivity index (χ0) is 13.5. The molecule has 0 saturated carbocycles. The predicted molar refractivity (Wildman–Crippen MR) is 67.8 cm³/mol. The molecule has 2 atom stereocenters. The lowest BCUT2D eigenvalue weighted by atomic mass is 9.91. The molecular weight excluding hydrogens is 251 g/mol. The summed E-state index contributed by atoms with van der Waals surface area (Å²) in [6, 6.07) is 6.66. The molecule has 19 heavy (non-hydrogen) atoms. The largest absolute Gasteiger partial charge is 0.416 e. The van der Waals surface area contributed by atoms with Gasteiger partial charge in [0.1, 0.15) is 0 Å². The molecule has 2 fully saturated rings. The van der Waals surface area contributed by atoms with Gasteiger partial charge in [0.25, 0.3) is 0 Å². The van der Waals surface area contributed by atoms with Crippen LogP contribution in [0.3, 0.4) is 0 Å². The van der Waals surface area contributed by atoms with Gasteiger partial charge < -0.3 is 0 Å². The highest BCUT2D eigenvalue weighted by Gasteiger charge is 2.36. The van der Waals surface area contributed by atoms with Crippen molar-refractivity contribution < 1.29 is 13.2 Å². The molecule has 1 nitrogen and oxygen atoms in total. The average molecular weight is 269 g/mol. The van der Waals surface area contributed by atoms with Gasteiger partial charge >= 0.3 is 6.18 Å². The molecule has 2 saturated heterocycles. The summed E-state index contributed by atoms with van der Waals surface area (Å²) < 4.78 is 38.4. The fourth-order valence-electron chi connectivity index (χ4n) is 3.57. The summed E-state index contributed by atoms with van der Waals surface area (Å²) in [6.07, 6.45) is 1.46. The maximum absolute atomic E-state index is 12.8. The third-order valence-corrected chi connectivity index (χ3v) is 4.44. The molecule has 0 spiro atoms. The smallest absolute Gasteiger partial charge is 0.293 e. The topological polar surface area (TPSA) is 3.24 Å². The number of nitrogens with zero attached hydrogens (tertiary/aromatic N) is 1. The van der Waals surface area contributed by atoms with Crippen LogP contribution in [0.2, 0.25) is 0 Å². The zero-order valence-electron chi connectivity index (χ0n) is 10.8. The first kappa shape index (κ1) is 13.0. The molecule has 2 aliphatic heterocycles. The average Bonchev–Trinajstić information content (AvgIpc) is 2.86. The van der Waals surface area contributed by atoms with Gasteiger partial charge in [-0.25, -0.2) is 0 Å². The summed E-state index contributed by atoms with van der Waals surface area (Å²) in [5, 5.41) is 0. The predicted octanol–water partition coefficient (Wildman–Crippen LogP) is 4.39. The molecule has 2 aliphatic rings. The van der Waals surface area contributed by atoms with Gasteiger partial charge in [-0.3, -0.25) is 4.90 Å². The number of benzene rings is 1. The van der Waals surface area contributed by atoms with Crippen molar-refractivity contribution in [2.75, 3.05) is 6.54 Å². The Hall–Kier alpha value is -1.03. The fourth-order valence-corrected chi connectivity index (χ4v) is 3.57. The molecule has 4 heteroatoms. The Morgan fingerprint density at radius 3 is 2.63 bits per heavy atom. The van der Waals surface area contributed by atoms with Gasteiger partial charge in [-0.05, 0) is 56.3 Å². The summed E-state index contributed by atoms with van der Waals surface area (Å²) in [6.45, 7) is 1.03. The molecule has 3 rings (SSSR count). The molecule has 0 amide bonds. The van der Waals surface area contributed by atoms with Gasteiger partial charge in [0, 0.05) is 12.1 Å². The van der Waals surface area contributed by atoms with Gasteiger partial charge in [-0.1, -0.05) is 12.1 Å². The van der Waals surface area contributed by atoms with Crippen LogP contribution in [-0.4, -0.2) is 17.5 Å². The molecule has 0 N–H and O–H groups in total. The molecule has 0 radical (unpaired) electrons. The van der Waals surface area contributed by atoms with Crippen LogP contribution in [0.15, 0.2) is 24.3 Å². The maximum atomic E-state index is 12.8. The van der Waals surface area contributed by atoms with E-state index in [1.165, 1.54) is 31.4 Å². The van der Waals surface area contributed by atoms with Gasteiger partial charge in [-0.2, -0.15) is 13.2 Å². The highest BCUT2D eigenvalue weighted by molar-refractivity contribution is 5.28. The van der Waals surface area contributed by atoms with Crippen molar-refractivity contribution in [2.45, 2.75) is 50.4 Å². The lowest BCUT2D eigenvalue weighted by Gasteiger charge is -2.38. The Kier molecular flexibility index (Phi) is 3.29. The second-order valence-corrected chi connectivity index (χ2v) is 5.60. The Balaban J connectivity index is 1.89. The van der Waals surface area contributed by atoms with Crippen molar-refractivity contribution in [1.29, 1.82) is 0 Å². The highest BCUT2D eigenvalue weighted by atomic mass is 19.4. The number of alkyl halides is 3. The molecule has 0 aromatic heterocycles. The van der Waals surface area contributed by atoms with E-state index < -0.39 is 11.7 Å². The van der Waals surface area contributed by atoms with E-state index in [0.717, 1.165) is 31.0 Å². The van der Waals surface area contributed by atoms with Crippen molar-refractivity contribution in [3.8, 4) is 0 Å². The number of hydrogen-bond acceptors (Lipinski definition) is 1. The van der Waals surface area contributed by atoms with Crippen LogP contribution >= 0.6 is 0 Å². The quantitative estimate of drug-likeness (QED) is 0.730. The van der Waals surface area contributed by atoms with Gasteiger partial charge in [0.05, 0.1) is 5.56 Å². The molecule has 0 aliphatic carbocycles. The Morgan fingerprint density at radius 2 is 1.84 bits per heavy atom. The Bertz CT molecular complexity index is 455. The third-order valence-electron chi connectivity index (χ3n) is 4.44. The molecule has 2 heterocycles. The van der Waals surface area contributed by atoms with Crippen LogP contribution in [0.25, 0.3) is 0 Å². The van der Waals surface area contributed by atoms with Crippen molar-refractivity contribution in [3.63, 3.8) is 0 Å². The zero-order valence-corrected chi connectivity index (χ0v) is 10.8. The minimum atomic E-state index is -4.24. The number of fused-ring (bicyclic) bond motifs is 1. The molecule has 104 valence electrons. The normalized spacial score (nSPS) is 28.4. The highest BCUT2D eigenvalue weighted by Crippen LogP contribution is 2.40. The number of rotatable bonds is 1. The second-order valence-electron chi connectivity index (χ2n) is 5.60. The standard InChI is InChI=1S/C15H18F3N/c16-15(17,18)12-5-1-4-11(10-12)14-8-2-6-13-7-3-9-19(13)14/h1,4-5,10,13-14H,2-3,6-9H2. The summed E-state index contributed by atoms with van der Waals surface area (Å²) in [7, 11) is 0. The SMILES string of the molecule is FC(F)(F)c1cccc(C2CCCC3CCCN32)c1. The van der Waals surface area contributed by atoms with Gasteiger partial charge in [0.15, 0.2) is 0 Å². The number of hydrogen-bond donors (Lipinski definition) is 0.